The zero-order valence-corrected chi connectivity index (χ0v) is 18.4. The molecule has 2 heterocycles. The minimum absolute atomic E-state index is 0.173. The second kappa shape index (κ2) is 9.15. The molecule has 2 unspecified atom stereocenters. The lowest BCUT2D eigenvalue weighted by Crippen LogP contribution is -2.07. The van der Waals surface area contributed by atoms with E-state index >= 15 is 0 Å². The van der Waals surface area contributed by atoms with Gasteiger partial charge in [-0.2, -0.15) is 4.98 Å². The highest BCUT2D eigenvalue weighted by atomic mass is 16.5. The topological polar surface area (TPSA) is 82.0 Å². The summed E-state index contributed by atoms with van der Waals surface area (Å²) in [6, 6.07) is 1.53. The highest BCUT2D eigenvalue weighted by Crippen LogP contribution is 2.47. The Morgan fingerprint density at radius 1 is 1.43 bits per heavy atom. The molecule has 1 fully saturated rings. The van der Waals surface area contributed by atoms with Crippen molar-refractivity contribution >= 4 is 0 Å². The molecule has 1 saturated carbocycles. The molecule has 0 aliphatic heterocycles. The average Bonchev–Trinajstić information content (AvgIpc) is 3.41. The second-order valence-corrected chi connectivity index (χ2v) is 7.67. The lowest BCUT2D eigenvalue weighted by Gasteiger charge is -2.12. The van der Waals surface area contributed by atoms with Crippen molar-refractivity contribution in [2.24, 2.45) is 18.9 Å². The molecule has 2 aromatic rings. The minimum atomic E-state index is -0.173. The van der Waals surface area contributed by atoms with E-state index in [9.17, 15) is 4.79 Å². The molecule has 1 aliphatic rings. The molecule has 30 heavy (non-hydrogen) atoms. The van der Waals surface area contributed by atoms with E-state index < -0.39 is 0 Å². The lowest BCUT2D eigenvalue weighted by molar-refractivity contribution is 0.283. The number of allylic oxidation sites excluding steroid dienone is 5. The van der Waals surface area contributed by atoms with Gasteiger partial charge < -0.3 is 9.47 Å². The van der Waals surface area contributed by atoms with Crippen molar-refractivity contribution in [2.75, 3.05) is 13.7 Å². The number of hydrogen-bond acceptors (Lipinski definition) is 5. The molecule has 0 bridgehead atoms. The summed E-state index contributed by atoms with van der Waals surface area (Å²) in [7, 11) is 3.45. The summed E-state index contributed by atoms with van der Waals surface area (Å²) in [4.78, 5) is 20.4. The molecule has 2 aromatic heterocycles. The van der Waals surface area contributed by atoms with Gasteiger partial charge in [-0.3, -0.25) is 14.6 Å². The third-order valence-corrected chi connectivity index (χ3v) is 5.47. The first-order valence-electron chi connectivity index (χ1n) is 10.2. The van der Waals surface area contributed by atoms with Gasteiger partial charge in [-0.15, -0.1) is 0 Å². The predicted octanol–water partition coefficient (Wildman–Crippen LogP) is 3.94. The number of aromatic nitrogens is 4. The van der Waals surface area contributed by atoms with Crippen LogP contribution in [0, 0.1) is 18.8 Å². The Balaban J connectivity index is 1.75. The molecule has 7 heteroatoms. The number of nitrogens with zero attached hydrogens (tertiary/aromatic N) is 3. The van der Waals surface area contributed by atoms with Gasteiger partial charge in [0.1, 0.15) is 5.82 Å². The van der Waals surface area contributed by atoms with Gasteiger partial charge in [-0.05, 0) is 44.3 Å². The van der Waals surface area contributed by atoms with E-state index in [0.717, 1.165) is 24.2 Å². The summed E-state index contributed by atoms with van der Waals surface area (Å²) >= 11 is 0. The maximum atomic E-state index is 11.7. The van der Waals surface area contributed by atoms with Crippen LogP contribution in [0.1, 0.15) is 32.5 Å². The predicted molar refractivity (Wildman–Crippen MR) is 117 cm³/mol. The number of ether oxygens (including phenoxy) is 2. The Morgan fingerprint density at radius 2 is 2.20 bits per heavy atom. The van der Waals surface area contributed by atoms with Gasteiger partial charge in [0.15, 0.2) is 0 Å². The Kier molecular flexibility index (Phi) is 6.59. The van der Waals surface area contributed by atoms with Crippen LogP contribution in [-0.4, -0.2) is 33.5 Å². The Bertz CT molecular complexity index is 1040. The fourth-order valence-electron chi connectivity index (χ4n) is 3.45. The van der Waals surface area contributed by atoms with Crippen LogP contribution in [0.3, 0.4) is 0 Å². The van der Waals surface area contributed by atoms with Gasteiger partial charge in [-0.1, -0.05) is 25.2 Å². The van der Waals surface area contributed by atoms with E-state index in [1.807, 2.05) is 19.9 Å². The molecule has 0 radical (unpaired) electrons. The number of hydrogen-bond donors (Lipinski definition) is 1. The van der Waals surface area contributed by atoms with E-state index in [-0.39, 0.29) is 5.56 Å². The molecule has 1 aliphatic carbocycles. The first kappa shape index (κ1) is 21.6. The third kappa shape index (κ3) is 4.90. The summed E-state index contributed by atoms with van der Waals surface area (Å²) in [5, 5.41) is 2.71. The third-order valence-electron chi connectivity index (χ3n) is 5.47. The number of nitrogens with one attached hydrogen (secondary N) is 1. The molecule has 0 saturated heterocycles. The lowest BCUT2D eigenvalue weighted by atomic mass is 9.99. The smallest absolute Gasteiger partial charge is 0.264 e. The quantitative estimate of drug-likeness (QED) is 0.500. The van der Waals surface area contributed by atoms with Gasteiger partial charge in [0.05, 0.1) is 30.7 Å². The van der Waals surface area contributed by atoms with Crippen molar-refractivity contribution in [3.63, 3.8) is 0 Å². The van der Waals surface area contributed by atoms with Gasteiger partial charge >= 0.3 is 0 Å². The van der Waals surface area contributed by atoms with Crippen molar-refractivity contribution in [2.45, 2.75) is 33.6 Å². The number of H-pyrrole nitrogens is 1. The van der Waals surface area contributed by atoms with Crippen molar-refractivity contribution in [1.82, 2.24) is 19.7 Å². The molecular formula is C23H30N4O3. The fraction of sp³-hybridized carbons (Fsp3) is 0.435. The van der Waals surface area contributed by atoms with E-state index in [2.05, 4.69) is 34.6 Å². The standard InChI is InChI=1S/C23H30N4O3/c1-7-14(2)18(9-8-15(3)29-6)19-10-17(19)13-30-23-20(12-24-16(4)25-23)21-11-22(28)26-27(21)5/h8-9,11-12,17,19H,2,7,10,13H2,1,3-6H3,(H,26,28). The van der Waals surface area contributed by atoms with Crippen molar-refractivity contribution in [1.29, 1.82) is 0 Å². The van der Waals surface area contributed by atoms with Crippen LogP contribution in [0.15, 0.2) is 52.7 Å². The molecule has 0 aromatic carbocycles. The van der Waals surface area contributed by atoms with E-state index in [0.29, 0.717) is 41.4 Å². The Morgan fingerprint density at radius 3 is 2.83 bits per heavy atom. The maximum Gasteiger partial charge on any atom is 0.264 e. The zero-order chi connectivity index (χ0) is 21.8. The summed E-state index contributed by atoms with van der Waals surface area (Å²) in [5.41, 5.74) is 3.63. The normalized spacial score (nSPS) is 19.0. The first-order valence-corrected chi connectivity index (χ1v) is 10.2. The monoisotopic (exact) mass is 410 g/mol. The SMILES string of the molecule is C=C(CC)C(=CC=C(C)OC)C1CC1COc1nc(C)ncc1-c1cc(=O)[nH]n1C. The molecule has 3 rings (SSSR count). The van der Waals surface area contributed by atoms with Crippen LogP contribution in [0.2, 0.25) is 0 Å². The largest absolute Gasteiger partial charge is 0.501 e. The minimum Gasteiger partial charge on any atom is -0.501 e. The number of aryl methyl sites for hydroxylation is 2. The maximum absolute atomic E-state index is 11.7. The van der Waals surface area contributed by atoms with Crippen LogP contribution in [0.5, 0.6) is 5.88 Å². The number of methoxy groups -OCH3 is 1. The van der Waals surface area contributed by atoms with Crippen LogP contribution in [0.25, 0.3) is 11.3 Å². The highest BCUT2D eigenvalue weighted by molar-refractivity contribution is 5.64. The summed E-state index contributed by atoms with van der Waals surface area (Å²) in [6.07, 6.45) is 7.77. The van der Waals surface area contributed by atoms with Crippen molar-refractivity contribution in [3.05, 3.63) is 64.1 Å². The number of aromatic amines is 1. The molecular weight excluding hydrogens is 380 g/mol. The Hall–Kier alpha value is -3.09. The Labute approximate surface area is 177 Å². The molecule has 2 atom stereocenters. The van der Waals surface area contributed by atoms with Gasteiger partial charge in [-0.25, -0.2) is 4.98 Å². The fourth-order valence-corrected chi connectivity index (χ4v) is 3.45. The molecule has 1 N–H and O–H groups in total. The molecule has 0 amide bonds. The van der Waals surface area contributed by atoms with E-state index in [4.69, 9.17) is 9.47 Å². The summed E-state index contributed by atoms with van der Waals surface area (Å²) in [6.45, 7) is 10.7. The first-order chi connectivity index (χ1) is 14.3. The van der Waals surface area contributed by atoms with Gasteiger partial charge in [0.25, 0.3) is 5.56 Å². The molecule has 7 nitrogen and oxygen atoms in total. The molecule has 0 spiro atoms. The van der Waals surface area contributed by atoms with Gasteiger partial charge in [0.2, 0.25) is 5.88 Å². The summed E-state index contributed by atoms with van der Waals surface area (Å²) < 4.78 is 13.0. The van der Waals surface area contributed by atoms with Crippen molar-refractivity contribution < 1.29 is 9.47 Å². The van der Waals surface area contributed by atoms with Gasteiger partial charge in [0, 0.05) is 25.2 Å². The second-order valence-electron chi connectivity index (χ2n) is 7.67. The summed E-state index contributed by atoms with van der Waals surface area (Å²) in [5.74, 6) is 2.80. The highest BCUT2D eigenvalue weighted by Gasteiger charge is 2.40. The van der Waals surface area contributed by atoms with Crippen LogP contribution in [-0.2, 0) is 11.8 Å². The zero-order valence-electron chi connectivity index (χ0n) is 18.4. The number of rotatable bonds is 9. The molecule has 160 valence electrons. The average molecular weight is 411 g/mol. The van der Waals surface area contributed by atoms with Crippen LogP contribution < -0.4 is 10.3 Å². The van der Waals surface area contributed by atoms with Crippen LogP contribution in [0.4, 0.5) is 0 Å². The van der Waals surface area contributed by atoms with Crippen LogP contribution >= 0.6 is 0 Å². The van der Waals surface area contributed by atoms with E-state index in [1.54, 1.807) is 25.0 Å². The van der Waals surface area contributed by atoms with E-state index in [1.165, 1.54) is 11.6 Å². The van der Waals surface area contributed by atoms with Crippen molar-refractivity contribution in [3.8, 4) is 17.1 Å².